The van der Waals surface area contributed by atoms with Crippen molar-refractivity contribution in [3.05, 3.63) is 23.8 Å². The van der Waals surface area contributed by atoms with Gasteiger partial charge in [-0.2, -0.15) is 0 Å². The first kappa shape index (κ1) is 13.7. The molecule has 19 heavy (non-hydrogen) atoms. The first-order valence-electron chi connectivity index (χ1n) is 6.84. The summed E-state index contributed by atoms with van der Waals surface area (Å²) in [5.74, 6) is -0.318. The standard InChI is InChI=1S/C15H22N2O2/c1-4-12-7-5-10(2)17(12)14-9-11(15(18)19-3)6-8-13(14)16/h6,8-10,12H,4-5,7,16H2,1-3H3. The fourth-order valence-corrected chi connectivity index (χ4v) is 2.92. The maximum atomic E-state index is 11.6. The van der Waals surface area contributed by atoms with Gasteiger partial charge in [0.05, 0.1) is 24.0 Å². The highest BCUT2D eigenvalue weighted by atomic mass is 16.5. The largest absolute Gasteiger partial charge is 0.465 e. The summed E-state index contributed by atoms with van der Waals surface area (Å²) in [6.07, 6.45) is 3.44. The number of nitrogens with zero attached hydrogens (tertiary/aromatic N) is 1. The van der Waals surface area contributed by atoms with Gasteiger partial charge in [0.2, 0.25) is 0 Å². The Hall–Kier alpha value is -1.71. The topological polar surface area (TPSA) is 55.6 Å². The first-order chi connectivity index (χ1) is 9.08. The minimum atomic E-state index is -0.318. The van der Waals surface area contributed by atoms with Crippen LogP contribution in [0.2, 0.25) is 0 Å². The number of carbonyl (C=O) groups is 1. The van der Waals surface area contributed by atoms with E-state index in [1.54, 1.807) is 12.1 Å². The second kappa shape index (κ2) is 5.51. The van der Waals surface area contributed by atoms with Gasteiger partial charge in [-0.25, -0.2) is 4.79 Å². The lowest BCUT2D eigenvalue weighted by atomic mass is 10.1. The Balaban J connectivity index is 2.40. The van der Waals surface area contributed by atoms with Crippen LogP contribution in [-0.4, -0.2) is 25.2 Å². The molecule has 4 nitrogen and oxygen atoms in total. The minimum absolute atomic E-state index is 0.318. The molecule has 0 aliphatic carbocycles. The van der Waals surface area contributed by atoms with Gasteiger partial charge in [0.15, 0.2) is 0 Å². The van der Waals surface area contributed by atoms with Crippen LogP contribution >= 0.6 is 0 Å². The number of anilines is 2. The molecule has 0 aromatic heterocycles. The Morgan fingerprint density at radius 2 is 2.21 bits per heavy atom. The van der Waals surface area contributed by atoms with E-state index in [4.69, 9.17) is 10.5 Å². The van der Waals surface area contributed by atoms with Gasteiger partial charge in [0.25, 0.3) is 0 Å². The SMILES string of the molecule is CCC1CCC(C)N1c1cc(C(=O)OC)ccc1N. The molecule has 0 spiro atoms. The second-order valence-electron chi connectivity index (χ2n) is 5.16. The van der Waals surface area contributed by atoms with Crippen LogP contribution < -0.4 is 10.6 Å². The average molecular weight is 262 g/mol. The van der Waals surface area contributed by atoms with Crippen LogP contribution in [0.1, 0.15) is 43.5 Å². The zero-order chi connectivity index (χ0) is 14.0. The van der Waals surface area contributed by atoms with Crippen molar-refractivity contribution in [3.8, 4) is 0 Å². The summed E-state index contributed by atoms with van der Waals surface area (Å²) < 4.78 is 4.78. The number of methoxy groups -OCH3 is 1. The molecule has 0 amide bonds. The van der Waals surface area contributed by atoms with E-state index >= 15 is 0 Å². The number of benzene rings is 1. The van der Waals surface area contributed by atoms with E-state index in [9.17, 15) is 4.79 Å². The Bertz CT molecular complexity index is 473. The molecule has 0 radical (unpaired) electrons. The van der Waals surface area contributed by atoms with Gasteiger partial charge in [0, 0.05) is 12.1 Å². The van der Waals surface area contributed by atoms with Gasteiger partial charge < -0.3 is 15.4 Å². The molecular formula is C15H22N2O2. The summed E-state index contributed by atoms with van der Waals surface area (Å²) in [7, 11) is 1.39. The monoisotopic (exact) mass is 262 g/mol. The molecule has 104 valence electrons. The average Bonchev–Trinajstić information content (AvgIpc) is 2.79. The predicted octanol–water partition coefficient (Wildman–Crippen LogP) is 2.82. The molecule has 2 N–H and O–H groups in total. The fourth-order valence-electron chi connectivity index (χ4n) is 2.92. The number of ether oxygens (including phenoxy) is 1. The quantitative estimate of drug-likeness (QED) is 0.672. The lowest BCUT2D eigenvalue weighted by Gasteiger charge is -2.31. The maximum Gasteiger partial charge on any atom is 0.337 e. The summed E-state index contributed by atoms with van der Waals surface area (Å²) >= 11 is 0. The molecule has 1 aromatic carbocycles. The summed E-state index contributed by atoms with van der Waals surface area (Å²) in [6.45, 7) is 4.40. The number of nitrogens with two attached hydrogens (primary N) is 1. The van der Waals surface area contributed by atoms with Crippen LogP contribution in [0.15, 0.2) is 18.2 Å². The Labute approximate surface area is 114 Å². The smallest absolute Gasteiger partial charge is 0.337 e. The summed E-state index contributed by atoms with van der Waals surface area (Å²) in [6, 6.07) is 6.32. The molecule has 1 aliphatic rings. The van der Waals surface area contributed by atoms with Crippen molar-refractivity contribution in [2.45, 2.75) is 45.2 Å². The minimum Gasteiger partial charge on any atom is -0.465 e. The van der Waals surface area contributed by atoms with Gasteiger partial charge in [-0.1, -0.05) is 6.92 Å². The first-order valence-corrected chi connectivity index (χ1v) is 6.84. The maximum absolute atomic E-state index is 11.6. The van der Waals surface area contributed by atoms with Gasteiger partial charge in [0.1, 0.15) is 0 Å². The van der Waals surface area contributed by atoms with Crippen molar-refractivity contribution in [1.29, 1.82) is 0 Å². The summed E-state index contributed by atoms with van der Waals surface area (Å²) in [4.78, 5) is 14.0. The van der Waals surface area contributed by atoms with Crippen molar-refractivity contribution in [2.75, 3.05) is 17.7 Å². The molecular weight excluding hydrogens is 240 g/mol. The zero-order valence-corrected chi connectivity index (χ0v) is 11.8. The highest BCUT2D eigenvalue weighted by molar-refractivity contribution is 5.92. The summed E-state index contributed by atoms with van der Waals surface area (Å²) in [5.41, 5.74) is 8.33. The van der Waals surface area contributed by atoms with Gasteiger partial charge in [-0.3, -0.25) is 0 Å². The van der Waals surface area contributed by atoms with Crippen LogP contribution in [-0.2, 0) is 4.74 Å². The summed E-state index contributed by atoms with van der Waals surface area (Å²) in [5, 5.41) is 0. The Morgan fingerprint density at radius 3 is 2.84 bits per heavy atom. The number of carbonyl (C=O) groups excluding carboxylic acids is 1. The van der Waals surface area contributed by atoms with Crippen LogP contribution in [0.4, 0.5) is 11.4 Å². The molecule has 2 rings (SSSR count). The van der Waals surface area contributed by atoms with E-state index in [-0.39, 0.29) is 5.97 Å². The van der Waals surface area contributed by atoms with E-state index in [1.807, 2.05) is 6.07 Å². The number of nitrogen functional groups attached to an aromatic ring is 1. The third kappa shape index (κ3) is 2.53. The van der Waals surface area contributed by atoms with Crippen molar-refractivity contribution >= 4 is 17.3 Å². The number of hydrogen-bond donors (Lipinski definition) is 1. The third-order valence-electron chi connectivity index (χ3n) is 3.99. The lowest BCUT2D eigenvalue weighted by molar-refractivity contribution is 0.0601. The fraction of sp³-hybridized carbons (Fsp3) is 0.533. The van der Waals surface area contributed by atoms with Crippen molar-refractivity contribution in [3.63, 3.8) is 0 Å². The van der Waals surface area contributed by atoms with E-state index in [0.29, 0.717) is 17.6 Å². The van der Waals surface area contributed by atoms with Crippen LogP contribution in [0.3, 0.4) is 0 Å². The van der Waals surface area contributed by atoms with E-state index in [2.05, 4.69) is 18.7 Å². The molecule has 2 atom stereocenters. The van der Waals surface area contributed by atoms with Crippen LogP contribution in [0, 0.1) is 0 Å². The molecule has 2 unspecified atom stereocenters. The lowest BCUT2D eigenvalue weighted by Crippen LogP contribution is -2.34. The third-order valence-corrected chi connectivity index (χ3v) is 3.99. The molecule has 1 saturated heterocycles. The molecule has 0 bridgehead atoms. The number of rotatable bonds is 3. The van der Waals surface area contributed by atoms with Gasteiger partial charge in [-0.15, -0.1) is 0 Å². The normalized spacial score (nSPS) is 22.6. The highest BCUT2D eigenvalue weighted by Gasteiger charge is 2.30. The van der Waals surface area contributed by atoms with Crippen molar-refractivity contribution < 1.29 is 9.53 Å². The van der Waals surface area contributed by atoms with E-state index < -0.39 is 0 Å². The molecule has 1 aliphatic heterocycles. The van der Waals surface area contributed by atoms with Crippen LogP contribution in [0.5, 0.6) is 0 Å². The molecule has 1 heterocycles. The van der Waals surface area contributed by atoms with Crippen molar-refractivity contribution in [1.82, 2.24) is 0 Å². The van der Waals surface area contributed by atoms with E-state index in [1.165, 1.54) is 20.0 Å². The molecule has 0 saturated carbocycles. The van der Waals surface area contributed by atoms with Gasteiger partial charge in [-0.05, 0) is 44.4 Å². The molecule has 4 heteroatoms. The van der Waals surface area contributed by atoms with Crippen LogP contribution in [0.25, 0.3) is 0 Å². The predicted molar refractivity (Wildman–Crippen MR) is 77.4 cm³/mol. The second-order valence-corrected chi connectivity index (χ2v) is 5.16. The molecule has 1 fully saturated rings. The number of hydrogen-bond acceptors (Lipinski definition) is 4. The van der Waals surface area contributed by atoms with Crippen molar-refractivity contribution in [2.24, 2.45) is 0 Å². The molecule has 1 aromatic rings. The highest BCUT2D eigenvalue weighted by Crippen LogP contribution is 2.36. The zero-order valence-electron chi connectivity index (χ0n) is 11.8. The Kier molecular flexibility index (Phi) is 3.98. The van der Waals surface area contributed by atoms with E-state index in [0.717, 1.165) is 17.8 Å². The number of esters is 1. The Morgan fingerprint density at radius 1 is 1.47 bits per heavy atom. The van der Waals surface area contributed by atoms with Gasteiger partial charge >= 0.3 is 5.97 Å².